The summed E-state index contributed by atoms with van der Waals surface area (Å²) in [6.07, 6.45) is 0.493. The molecule has 0 radical (unpaired) electrons. The molecule has 8 heteroatoms. The summed E-state index contributed by atoms with van der Waals surface area (Å²) in [6.45, 7) is 7.85. The molecule has 0 aromatic carbocycles. The van der Waals surface area contributed by atoms with Gasteiger partial charge in [-0.1, -0.05) is 6.92 Å². The summed E-state index contributed by atoms with van der Waals surface area (Å²) in [6, 6.07) is -0.621. The lowest BCUT2D eigenvalue weighted by Crippen LogP contribution is -2.63. The van der Waals surface area contributed by atoms with Gasteiger partial charge in [-0.15, -0.1) is 0 Å². The first kappa shape index (κ1) is 18.5. The molecule has 0 aromatic rings. The summed E-state index contributed by atoms with van der Waals surface area (Å²) in [4.78, 5) is 40.0. The Morgan fingerprint density at radius 3 is 2.67 bits per heavy atom. The van der Waals surface area contributed by atoms with Gasteiger partial charge in [0.1, 0.15) is 12.1 Å². The molecule has 2 fully saturated rings. The first-order chi connectivity index (χ1) is 11.0. The molecule has 2 saturated heterocycles. The van der Waals surface area contributed by atoms with Gasteiger partial charge in [0.25, 0.3) is 0 Å². The van der Waals surface area contributed by atoms with Crippen LogP contribution in [-0.4, -0.2) is 71.1 Å². The number of likely N-dealkylation sites (N-methyl/N-ethyl adjacent to an activating group) is 1. The maximum Gasteiger partial charge on any atom is 0.410 e. The minimum Gasteiger partial charge on any atom is -0.443 e. The third-order valence-corrected chi connectivity index (χ3v) is 5.06. The fourth-order valence-electron chi connectivity index (χ4n) is 3.16. The number of nitrogens with two attached hydrogens (primary N) is 1. The van der Waals surface area contributed by atoms with E-state index in [0.717, 1.165) is 0 Å². The van der Waals surface area contributed by atoms with Crippen LogP contribution in [0.4, 0.5) is 4.79 Å². The zero-order valence-corrected chi connectivity index (χ0v) is 15.1. The number of piperidine rings is 1. The van der Waals surface area contributed by atoms with Crippen molar-refractivity contribution in [3.05, 3.63) is 0 Å². The van der Waals surface area contributed by atoms with Gasteiger partial charge in [0.15, 0.2) is 0 Å². The number of rotatable bonds is 4. The standard InChI is InChI=1S/C16H28N4O4/c1-6-10(18-13(22)15(2,3)17)12(21)20-8-7-11-16(4,9-20)19(5)14(23)24-11/h10-11H,6-9,17H2,1-5H3,(H,18,22). The molecule has 2 heterocycles. The van der Waals surface area contributed by atoms with E-state index in [1.54, 1.807) is 30.7 Å². The molecule has 0 aliphatic carbocycles. The van der Waals surface area contributed by atoms with Crippen molar-refractivity contribution in [2.24, 2.45) is 5.73 Å². The Hall–Kier alpha value is -1.83. The van der Waals surface area contributed by atoms with Crippen LogP contribution in [-0.2, 0) is 14.3 Å². The number of amides is 3. The minimum absolute atomic E-state index is 0.150. The van der Waals surface area contributed by atoms with Gasteiger partial charge in [-0.3, -0.25) is 9.59 Å². The maximum absolute atomic E-state index is 12.8. The van der Waals surface area contributed by atoms with Crippen molar-refractivity contribution in [3.8, 4) is 0 Å². The average Bonchev–Trinajstić information content (AvgIpc) is 2.73. The van der Waals surface area contributed by atoms with E-state index >= 15 is 0 Å². The number of carbonyl (C=O) groups is 3. The number of ether oxygens (including phenoxy) is 1. The zero-order chi connectivity index (χ0) is 18.3. The smallest absolute Gasteiger partial charge is 0.410 e. The molecule has 0 spiro atoms. The molecule has 136 valence electrons. The van der Waals surface area contributed by atoms with Gasteiger partial charge in [0, 0.05) is 26.6 Å². The number of fused-ring (bicyclic) bond motifs is 1. The lowest BCUT2D eigenvalue weighted by molar-refractivity contribution is -0.141. The van der Waals surface area contributed by atoms with E-state index in [1.165, 1.54) is 0 Å². The fourth-order valence-corrected chi connectivity index (χ4v) is 3.16. The lowest BCUT2D eigenvalue weighted by Gasteiger charge is -2.43. The number of carbonyl (C=O) groups excluding carboxylic acids is 3. The van der Waals surface area contributed by atoms with Gasteiger partial charge in [-0.05, 0) is 27.2 Å². The first-order valence-corrected chi connectivity index (χ1v) is 8.33. The first-order valence-electron chi connectivity index (χ1n) is 8.33. The molecular formula is C16H28N4O4. The second-order valence-electron chi connectivity index (χ2n) is 7.49. The van der Waals surface area contributed by atoms with Crippen LogP contribution < -0.4 is 11.1 Å². The van der Waals surface area contributed by atoms with Crippen LogP contribution in [0.15, 0.2) is 0 Å². The molecule has 2 aliphatic rings. The number of nitrogens with zero attached hydrogens (tertiary/aromatic N) is 2. The third-order valence-electron chi connectivity index (χ3n) is 5.06. The monoisotopic (exact) mass is 340 g/mol. The van der Waals surface area contributed by atoms with Crippen LogP contribution in [0, 0.1) is 0 Å². The van der Waals surface area contributed by atoms with Crippen LogP contribution in [0.25, 0.3) is 0 Å². The highest BCUT2D eigenvalue weighted by atomic mass is 16.6. The van der Waals surface area contributed by atoms with Crippen molar-refractivity contribution >= 4 is 17.9 Å². The average molecular weight is 340 g/mol. The largest absolute Gasteiger partial charge is 0.443 e. The van der Waals surface area contributed by atoms with Crippen molar-refractivity contribution in [1.29, 1.82) is 0 Å². The van der Waals surface area contributed by atoms with Crippen molar-refractivity contribution in [2.45, 2.75) is 63.8 Å². The Morgan fingerprint density at radius 2 is 2.12 bits per heavy atom. The molecule has 24 heavy (non-hydrogen) atoms. The normalized spacial score (nSPS) is 28.2. The summed E-state index contributed by atoms with van der Waals surface area (Å²) in [5, 5.41) is 2.73. The van der Waals surface area contributed by atoms with Crippen molar-refractivity contribution in [1.82, 2.24) is 15.1 Å². The van der Waals surface area contributed by atoms with E-state index in [9.17, 15) is 14.4 Å². The summed E-state index contributed by atoms with van der Waals surface area (Å²) in [7, 11) is 1.69. The van der Waals surface area contributed by atoms with Gasteiger partial charge in [-0.2, -0.15) is 0 Å². The van der Waals surface area contributed by atoms with E-state index in [4.69, 9.17) is 10.5 Å². The van der Waals surface area contributed by atoms with Crippen molar-refractivity contribution in [3.63, 3.8) is 0 Å². The number of hydrogen-bond acceptors (Lipinski definition) is 5. The lowest BCUT2D eigenvalue weighted by atomic mass is 9.87. The zero-order valence-electron chi connectivity index (χ0n) is 15.1. The van der Waals surface area contributed by atoms with Crippen LogP contribution in [0.1, 0.15) is 40.5 Å². The molecule has 2 aliphatic heterocycles. The Kier molecular flexibility index (Phi) is 4.81. The molecule has 3 atom stereocenters. The fraction of sp³-hybridized carbons (Fsp3) is 0.812. The number of hydrogen-bond donors (Lipinski definition) is 2. The SMILES string of the molecule is CCC(NC(=O)C(C)(C)N)C(=O)N1CCC2OC(=O)N(C)C2(C)C1. The van der Waals surface area contributed by atoms with E-state index in [2.05, 4.69) is 5.32 Å². The second kappa shape index (κ2) is 6.23. The quantitative estimate of drug-likeness (QED) is 0.753. The molecule has 3 unspecified atom stereocenters. The van der Waals surface area contributed by atoms with Crippen LogP contribution in [0.5, 0.6) is 0 Å². The Bertz CT molecular complexity index is 545. The molecule has 2 rings (SSSR count). The molecule has 3 N–H and O–H groups in total. The Balaban J connectivity index is 2.09. The molecule has 0 saturated carbocycles. The van der Waals surface area contributed by atoms with Gasteiger partial charge in [0.05, 0.1) is 11.1 Å². The third kappa shape index (κ3) is 3.19. The summed E-state index contributed by atoms with van der Waals surface area (Å²) in [5.74, 6) is -0.511. The topological polar surface area (TPSA) is 105 Å². The van der Waals surface area contributed by atoms with E-state index in [-0.39, 0.29) is 24.0 Å². The molecular weight excluding hydrogens is 312 g/mol. The van der Waals surface area contributed by atoms with Crippen LogP contribution >= 0.6 is 0 Å². The van der Waals surface area contributed by atoms with Gasteiger partial charge >= 0.3 is 6.09 Å². The second-order valence-corrected chi connectivity index (χ2v) is 7.49. The van der Waals surface area contributed by atoms with Gasteiger partial charge < -0.3 is 25.6 Å². The summed E-state index contributed by atoms with van der Waals surface area (Å²) < 4.78 is 5.37. The van der Waals surface area contributed by atoms with Crippen molar-refractivity contribution < 1.29 is 19.1 Å². The van der Waals surface area contributed by atoms with E-state index < -0.39 is 17.1 Å². The Morgan fingerprint density at radius 1 is 1.50 bits per heavy atom. The van der Waals surface area contributed by atoms with E-state index in [0.29, 0.717) is 25.9 Å². The number of likely N-dealkylation sites (tertiary alicyclic amines) is 1. The van der Waals surface area contributed by atoms with E-state index in [1.807, 2.05) is 13.8 Å². The molecule has 8 nitrogen and oxygen atoms in total. The molecule has 3 amide bonds. The maximum atomic E-state index is 12.8. The highest BCUT2D eigenvalue weighted by Gasteiger charge is 2.53. The Labute approximate surface area is 142 Å². The predicted octanol–water partition coefficient (Wildman–Crippen LogP) is 0.0601. The summed E-state index contributed by atoms with van der Waals surface area (Å²) >= 11 is 0. The predicted molar refractivity (Wildman–Crippen MR) is 88.1 cm³/mol. The van der Waals surface area contributed by atoms with Gasteiger partial charge in [0.2, 0.25) is 11.8 Å². The van der Waals surface area contributed by atoms with Crippen LogP contribution in [0.3, 0.4) is 0 Å². The highest BCUT2D eigenvalue weighted by Crippen LogP contribution is 2.35. The van der Waals surface area contributed by atoms with Crippen LogP contribution in [0.2, 0.25) is 0 Å². The van der Waals surface area contributed by atoms with Gasteiger partial charge in [-0.25, -0.2) is 4.79 Å². The minimum atomic E-state index is -1.04. The van der Waals surface area contributed by atoms with Crippen molar-refractivity contribution in [2.75, 3.05) is 20.1 Å². The number of nitrogens with one attached hydrogen (secondary N) is 1. The highest BCUT2D eigenvalue weighted by molar-refractivity contribution is 5.91. The summed E-state index contributed by atoms with van der Waals surface area (Å²) in [5.41, 5.74) is 4.20. The molecule has 0 aromatic heterocycles. The molecule has 0 bridgehead atoms.